The molecule has 7 nitrogen and oxygen atoms in total. The van der Waals surface area contributed by atoms with Crippen molar-refractivity contribution >= 4 is 17.4 Å². The zero-order valence-corrected chi connectivity index (χ0v) is 11.1. The van der Waals surface area contributed by atoms with E-state index in [2.05, 4.69) is 9.72 Å². The van der Waals surface area contributed by atoms with Crippen molar-refractivity contribution < 1.29 is 62.7 Å². The van der Waals surface area contributed by atoms with Crippen molar-refractivity contribution in [2.45, 2.75) is 0 Å². The van der Waals surface area contributed by atoms with Crippen molar-refractivity contribution in [3.05, 3.63) is 6.20 Å². The number of aromatic hydroxyl groups is 4. The van der Waals surface area contributed by atoms with Crippen LogP contribution in [0.3, 0.4) is 0 Å². The fraction of sp³-hybridized carbons (Fsp3) is 0. The van der Waals surface area contributed by atoms with Gasteiger partial charge in [0.2, 0.25) is 11.5 Å². The normalized spacial score (nSPS) is 9.88. The minimum absolute atomic E-state index is 0. The zero-order chi connectivity index (χ0) is 11.9. The van der Waals surface area contributed by atoms with Gasteiger partial charge in [-0.3, -0.25) is 0 Å². The molecule has 0 spiro atoms. The van der Waals surface area contributed by atoms with Gasteiger partial charge in [-0.1, -0.05) is 0 Å². The minimum atomic E-state index is -0.902. The number of aromatic amines is 1. The predicted molar refractivity (Wildman–Crippen MR) is 51.3 cm³/mol. The molecule has 1 heterocycles. The second-order valence-electron chi connectivity index (χ2n) is 2.98. The fourth-order valence-corrected chi connectivity index (χ4v) is 1.41. The third-order valence-corrected chi connectivity index (χ3v) is 2.14. The second-order valence-corrected chi connectivity index (χ2v) is 2.98. The van der Waals surface area contributed by atoms with Crippen molar-refractivity contribution in [3.63, 3.8) is 0 Å². The molecule has 0 aliphatic carbocycles. The summed E-state index contributed by atoms with van der Waals surface area (Å²) >= 11 is 0. The molecule has 0 unspecified atom stereocenters. The van der Waals surface area contributed by atoms with Gasteiger partial charge in [0, 0.05) is 38.1 Å². The molecule has 0 aliphatic rings. The van der Waals surface area contributed by atoms with Crippen molar-refractivity contribution in [1.82, 2.24) is 4.98 Å². The van der Waals surface area contributed by atoms with E-state index in [1.807, 2.05) is 0 Å². The predicted octanol–water partition coefficient (Wildman–Crippen LogP) is 0.434. The van der Waals surface area contributed by atoms with Gasteiger partial charge in [-0.15, -0.1) is 0 Å². The topological polar surface area (TPSA) is 123 Å². The third-order valence-electron chi connectivity index (χ3n) is 2.14. The molecule has 0 bridgehead atoms. The number of rotatable bonds is 2. The van der Waals surface area contributed by atoms with E-state index in [0.717, 1.165) is 12.7 Å². The molecular weight excluding hydrogens is 307 g/mol. The summed E-state index contributed by atoms with van der Waals surface area (Å²) in [6, 6.07) is 0. The summed E-state index contributed by atoms with van der Waals surface area (Å²) in [5, 5.41) is 37.3. The number of hydrogen-bond acceptors (Lipinski definition) is 6. The van der Waals surface area contributed by atoms with Gasteiger partial charge in [-0.25, -0.2) is 0 Å². The van der Waals surface area contributed by atoms with Crippen LogP contribution >= 0.6 is 0 Å². The van der Waals surface area contributed by atoms with Crippen LogP contribution < -0.4 is 4.74 Å². The van der Waals surface area contributed by atoms with E-state index in [4.69, 9.17) is 0 Å². The van der Waals surface area contributed by atoms with Crippen LogP contribution in [0.2, 0.25) is 0 Å². The molecule has 17 heavy (non-hydrogen) atoms. The summed E-state index contributed by atoms with van der Waals surface area (Å²) in [6.45, 7) is 1.14. The Hall–Kier alpha value is -1.47. The number of ether oxygens (including phenoxy) is 1. The first-order valence-electron chi connectivity index (χ1n) is 4.08. The van der Waals surface area contributed by atoms with E-state index in [1.165, 1.54) is 0 Å². The Morgan fingerprint density at radius 1 is 1.06 bits per heavy atom. The van der Waals surface area contributed by atoms with Gasteiger partial charge >= 0.3 is 0 Å². The van der Waals surface area contributed by atoms with Crippen LogP contribution in [-0.2, 0) is 37.5 Å². The molecule has 2 rings (SSSR count). The Labute approximate surface area is 120 Å². The number of phenols is 4. The van der Waals surface area contributed by atoms with Crippen molar-refractivity contribution in [2.24, 2.45) is 0 Å². The van der Waals surface area contributed by atoms with Gasteiger partial charge < -0.3 is 34.9 Å². The number of phenolic OH excluding ortho intramolecular Hbond substituents is 4. The maximum atomic E-state index is 10.0. The van der Waals surface area contributed by atoms with E-state index in [-0.39, 0.29) is 49.4 Å². The van der Waals surface area contributed by atoms with Crippen molar-refractivity contribution in [2.75, 3.05) is 0 Å². The number of hydrogen-bond donors (Lipinski definition) is 5. The first-order valence-corrected chi connectivity index (χ1v) is 4.08. The van der Waals surface area contributed by atoms with E-state index in [1.54, 1.807) is 0 Å². The number of aromatic nitrogens is 1. The maximum absolute atomic E-state index is 10.0. The molecule has 1 radical (unpaired) electrons. The zero-order valence-electron chi connectivity index (χ0n) is 8.26. The first-order chi connectivity index (χ1) is 7.57. The van der Waals surface area contributed by atoms with Gasteiger partial charge in [-0.2, -0.15) is 0 Å². The van der Waals surface area contributed by atoms with Gasteiger partial charge in [0.25, 0.3) is 0 Å². The molecule has 1 aromatic heterocycles. The molecule has 0 saturated carbocycles. The Bertz CT molecular complexity index is 579. The fourth-order valence-electron chi connectivity index (χ4n) is 1.41. The number of benzene rings is 1. The average Bonchev–Trinajstić information content (AvgIpc) is 2.68. The van der Waals surface area contributed by atoms with Gasteiger partial charge in [0.15, 0.2) is 18.0 Å². The van der Waals surface area contributed by atoms with Crippen molar-refractivity contribution in [1.29, 1.82) is 0 Å². The molecule has 8 heteroatoms. The van der Waals surface area contributed by atoms with Crippen molar-refractivity contribution in [3.8, 4) is 28.7 Å². The van der Waals surface area contributed by atoms with E-state index < -0.39 is 23.0 Å². The second kappa shape index (κ2) is 4.81. The van der Waals surface area contributed by atoms with E-state index >= 15 is 0 Å². The van der Waals surface area contributed by atoms with E-state index in [9.17, 15) is 25.2 Å². The molecule has 0 saturated heterocycles. The van der Waals surface area contributed by atoms with E-state index in [0.29, 0.717) is 0 Å². The standard InChI is InChI=1S/C9H6NO6.Y/c11-2-16-3-1-10-5-4(3)6(12)8(14)9(15)7(5)13;/h1,10,12-15H;/q-1;. The summed E-state index contributed by atoms with van der Waals surface area (Å²) in [5.41, 5.74) is -0.0712. The number of nitrogens with one attached hydrogen (secondary N) is 1. The average molecular weight is 313 g/mol. The SMILES string of the molecule is O=[C-]Oc1c[nH]c2c(O)c(O)c(O)c(O)c12.[Y]. The Balaban J connectivity index is 0.00000144. The van der Waals surface area contributed by atoms with Crippen LogP contribution in [0.5, 0.6) is 28.7 Å². The van der Waals surface area contributed by atoms with Crippen LogP contribution in [0.1, 0.15) is 0 Å². The number of carbonyl (C=O) groups excluding carboxylic acids is 1. The Morgan fingerprint density at radius 3 is 2.24 bits per heavy atom. The molecule has 1 aromatic carbocycles. The Morgan fingerprint density at radius 2 is 1.65 bits per heavy atom. The molecular formula is C9H6NO6Y-. The van der Waals surface area contributed by atoms with Gasteiger partial charge in [0.1, 0.15) is 0 Å². The number of fused-ring (bicyclic) bond motifs is 1. The summed E-state index contributed by atoms with van der Waals surface area (Å²) in [5.74, 6) is -3.27. The minimum Gasteiger partial charge on any atom is -0.608 e. The Kier molecular flexibility index (Phi) is 3.84. The summed E-state index contributed by atoms with van der Waals surface area (Å²) in [4.78, 5) is 12.5. The number of H-pyrrole nitrogens is 1. The molecule has 0 aliphatic heterocycles. The summed E-state index contributed by atoms with van der Waals surface area (Å²) < 4.78 is 4.39. The molecule has 87 valence electrons. The monoisotopic (exact) mass is 313 g/mol. The summed E-state index contributed by atoms with van der Waals surface area (Å²) in [7, 11) is 0. The summed E-state index contributed by atoms with van der Waals surface area (Å²) in [6.07, 6.45) is 1.16. The third kappa shape index (κ3) is 1.91. The van der Waals surface area contributed by atoms with Crippen LogP contribution in [-0.4, -0.2) is 31.9 Å². The molecule has 0 fully saturated rings. The molecule has 0 atom stereocenters. The van der Waals surface area contributed by atoms with Crippen LogP contribution in [0.25, 0.3) is 10.9 Å². The maximum Gasteiger partial charge on any atom is 0.206 e. The largest absolute Gasteiger partial charge is 0.608 e. The molecule has 5 N–H and O–H groups in total. The van der Waals surface area contributed by atoms with Gasteiger partial charge in [-0.05, 0) is 11.9 Å². The molecule has 0 amide bonds. The first kappa shape index (κ1) is 13.6. The smallest absolute Gasteiger partial charge is 0.206 e. The molecule has 2 aromatic rings. The van der Waals surface area contributed by atoms with Gasteiger partial charge in [0.05, 0.1) is 5.52 Å². The van der Waals surface area contributed by atoms with Crippen LogP contribution in [0.4, 0.5) is 0 Å². The quantitative estimate of drug-likeness (QED) is 0.311. The van der Waals surface area contributed by atoms with Crippen LogP contribution in [0.15, 0.2) is 6.20 Å². The van der Waals surface area contributed by atoms with Crippen LogP contribution in [0, 0.1) is 0 Å².